The van der Waals surface area contributed by atoms with Gasteiger partial charge in [-0.2, -0.15) is 0 Å². The highest BCUT2D eigenvalue weighted by Gasteiger charge is 2.33. The maximum Gasteiger partial charge on any atom is 0.237 e. The molecule has 0 spiro atoms. The highest BCUT2D eigenvalue weighted by molar-refractivity contribution is 7.10. The Hall–Kier alpha value is -2.15. The molecule has 0 bridgehead atoms. The number of hydrogen-bond acceptors (Lipinski definition) is 5. The van der Waals surface area contributed by atoms with Crippen LogP contribution in [0.25, 0.3) is 0 Å². The van der Waals surface area contributed by atoms with Crippen LogP contribution in [-0.4, -0.2) is 59.2 Å². The molecule has 0 radical (unpaired) electrons. The Morgan fingerprint density at radius 3 is 2.81 bits per heavy atom. The summed E-state index contributed by atoms with van der Waals surface area (Å²) in [7, 11) is 0. The van der Waals surface area contributed by atoms with Gasteiger partial charge in [-0.1, -0.05) is 30.7 Å². The van der Waals surface area contributed by atoms with E-state index < -0.39 is 5.60 Å². The van der Waals surface area contributed by atoms with E-state index in [9.17, 15) is 9.90 Å². The van der Waals surface area contributed by atoms with Crippen molar-refractivity contribution in [2.75, 3.05) is 32.8 Å². The van der Waals surface area contributed by atoms with E-state index in [1.165, 1.54) is 22.1 Å². The van der Waals surface area contributed by atoms with Crippen LogP contribution < -0.4 is 4.74 Å². The number of aliphatic hydroxyl groups is 1. The van der Waals surface area contributed by atoms with Gasteiger partial charge in [0.1, 0.15) is 12.4 Å². The quantitative estimate of drug-likeness (QED) is 0.560. The monoisotopic (exact) mass is 442 g/mol. The molecule has 1 aliphatic heterocycles. The van der Waals surface area contributed by atoms with Gasteiger partial charge in [0.15, 0.2) is 0 Å². The molecule has 2 aromatic rings. The summed E-state index contributed by atoms with van der Waals surface area (Å²) in [5.41, 5.74) is 1.36. The van der Waals surface area contributed by atoms with Gasteiger partial charge in [0.2, 0.25) is 5.91 Å². The summed E-state index contributed by atoms with van der Waals surface area (Å²) in [4.78, 5) is 18.7. The first-order valence-electron chi connectivity index (χ1n) is 11.0. The smallest absolute Gasteiger partial charge is 0.237 e. The lowest BCUT2D eigenvalue weighted by molar-refractivity contribution is -0.136. The molecule has 1 aliphatic rings. The van der Waals surface area contributed by atoms with Crippen molar-refractivity contribution in [1.29, 1.82) is 0 Å². The number of thiophene rings is 1. The first-order chi connectivity index (χ1) is 14.8. The molecular formula is C25H34N2O3S. The number of amides is 1. The number of nitrogens with zero attached hydrogens (tertiary/aromatic N) is 2. The number of hydrogen-bond donors (Lipinski definition) is 1. The van der Waals surface area contributed by atoms with E-state index in [4.69, 9.17) is 4.74 Å². The van der Waals surface area contributed by atoms with E-state index in [1.54, 1.807) is 18.3 Å². The minimum absolute atomic E-state index is 0.0719. The average molecular weight is 443 g/mol. The Kier molecular flexibility index (Phi) is 7.92. The number of carbonyl (C=O) groups is 1. The number of ether oxygens (including phenoxy) is 1. The fourth-order valence-corrected chi connectivity index (χ4v) is 4.94. The molecule has 31 heavy (non-hydrogen) atoms. The van der Waals surface area contributed by atoms with E-state index in [2.05, 4.69) is 31.9 Å². The Balaban J connectivity index is 1.74. The van der Waals surface area contributed by atoms with Crippen LogP contribution >= 0.6 is 11.3 Å². The molecule has 2 heterocycles. The van der Waals surface area contributed by atoms with Gasteiger partial charge in [0, 0.05) is 18.0 Å². The van der Waals surface area contributed by atoms with E-state index in [-0.39, 0.29) is 18.5 Å². The van der Waals surface area contributed by atoms with Crippen molar-refractivity contribution in [2.45, 2.75) is 45.3 Å². The van der Waals surface area contributed by atoms with E-state index >= 15 is 0 Å². The van der Waals surface area contributed by atoms with Crippen molar-refractivity contribution in [3.63, 3.8) is 0 Å². The van der Waals surface area contributed by atoms with Gasteiger partial charge in [-0.25, -0.2) is 0 Å². The lowest BCUT2D eigenvalue weighted by Crippen LogP contribution is -2.49. The van der Waals surface area contributed by atoms with Crippen LogP contribution in [0.1, 0.15) is 42.3 Å². The molecule has 0 fully saturated rings. The third kappa shape index (κ3) is 6.19. The molecule has 0 unspecified atom stereocenters. The van der Waals surface area contributed by atoms with Crippen LogP contribution in [0.5, 0.6) is 5.75 Å². The summed E-state index contributed by atoms with van der Waals surface area (Å²) in [6.07, 6.45) is 3.32. The molecule has 1 amide bonds. The standard InChI is InChI=1S/C25H34N2O3S/c1-5-13-26(18-25(4,29)6-2)16-24(28)27-14-11-23-21(12-15-31-23)22(27)17-30-20-9-7-19(3)8-10-20/h6-10,12,15,22,29H,2,5,11,13-14,16-18H2,1,3-4H3/t22-,25-/m0/s1. The maximum absolute atomic E-state index is 13.4. The summed E-state index contributed by atoms with van der Waals surface area (Å²) >= 11 is 1.75. The zero-order valence-corrected chi connectivity index (χ0v) is 19.7. The second-order valence-corrected chi connectivity index (χ2v) is 9.55. The molecule has 0 saturated carbocycles. The summed E-state index contributed by atoms with van der Waals surface area (Å²) in [5.74, 6) is 0.887. The van der Waals surface area contributed by atoms with Crippen LogP contribution in [0.15, 0.2) is 48.4 Å². The van der Waals surface area contributed by atoms with Crippen molar-refractivity contribution in [3.05, 3.63) is 64.4 Å². The lowest BCUT2D eigenvalue weighted by Gasteiger charge is -2.37. The van der Waals surface area contributed by atoms with E-state index in [0.29, 0.717) is 19.7 Å². The maximum atomic E-state index is 13.4. The topological polar surface area (TPSA) is 53.0 Å². The summed E-state index contributed by atoms with van der Waals surface area (Å²) in [6, 6.07) is 10.0. The zero-order valence-electron chi connectivity index (χ0n) is 18.8. The molecule has 0 aliphatic carbocycles. The first-order valence-corrected chi connectivity index (χ1v) is 11.8. The van der Waals surface area contributed by atoms with Gasteiger partial charge >= 0.3 is 0 Å². The van der Waals surface area contributed by atoms with Gasteiger partial charge in [-0.05, 0) is 62.4 Å². The minimum Gasteiger partial charge on any atom is -0.491 e. The van der Waals surface area contributed by atoms with Crippen molar-refractivity contribution in [3.8, 4) is 5.75 Å². The van der Waals surface area contributed by atoms with Crippen molar-refractivity contribution in [2.24, 2.45) is 0 Å². The van der Waals surface area contributed by atoms with Crippen LogP contribution in [0.2, 0.25) is 0 Å². The van der Waals surface area contributed by atoms with Crippen LogP contribution in [0, 0.1) is 6.92 Å². The average Bonchev–Trinajstić information content (AvgIpc) is 3.22. The molecule has 6 heteroatoms. The number of fused-ring (bicyclic) bond motifs is 1. The predicted octanol–water partition coefficient (Wildman–Crippen LogP) is 4.21. The van der Waals surface area contributed by atoms with E-state index in [0.717, 1.165) is 25.1 Å². The lowest BCUT2D eigenvalue weighted by atomic mass is 10.00. The Morgan fingerprint density at radius 2 is 2.13 bits per heavy atom. The third-order valence-corrected chi connectivity index (χ3v) is 6.72. The van der Waals surface area contributed by atoms with Gasteiger partial charge in [-0.3, -0.25) is 9.69 Å². The normalized spacial score (nSPS) is 17.8. The Labute approximate surface area is 189 Å². The van der Waals surface area contributed by atoms with Crippen LogP contribution in [0.4, 0.5) is 0 Å². The molecular weight excluding hydrogens is 408 g/mol. The van der Waals surface area contributed by atoms with Gasteiger partial charge in [0.05, 0.1) is 18.2 Å². The predicted molar refractivity (Wildman–Crippen MR) is 127 cm³/mol. The number of rotatable bonds is 10. The number of carbonyl (C=O) groups excluding carboxylic acids is 1. The molecule has 0 saturated heterocycles. The molecule has 5 nitrogen and oxygen atoms in total. The van der Waals surface area contributed by atoms with E-state index in [1.807, 2.05) is 34.1 Å². The summed E-state index contributed by atoms with van der Waals surface area (Å²) < 4.78 is 6.10. The fraction of sp³-hybridized carbons (Fsp3) is 0.480. The van der Waals surface area contributed by atoms with Crippen molar-refractivity contribution in [1.82, 2.24) is 9.80 Å². The van der Waals surface area contributed by atoms with Crippen LogP contribution in [0.3, 0.4) is 0 Å². The van der Waals surface area contributed by atoms with Gasteiger partial charge < -0.3 is 14.7 Å². The largest absolute Gasteiger partial charge is 0.491 e. The molecule has 1 aromatic carbocycles. The first kappa shape index (κ1) is 23.5. The second kappa shape index (κ2) is 10.4. The SMILES string of the molecule is C=C[C@](C)(O)CN(CCC)CC(=O)N1CCc2sccc2[C@@H]1COc1ccc(C)cc1. The van der Waals surface area contributed by atoms with Gasteiger partial charge in [-0.15, -0.1) is 17.9 Å². The Morgan fingerprint density at radius 1 is 1.39 bits per heavy atom. The number of benzene rings is 1. The molecule has 1 N–H and O–H groups in total. The minimum atomic E-state index is -1.02. The van der Waals surface area contributed by atoms with Crippen LogP contribution in [-0.2, 0) is 11.2 Å². The molecule has 168 valence electrons. The molecule has 3 rings (SSSR count). The molecule has 2 atom stereocenters. The highest BCUT2D eigenvalue weighted by Crippen LogP contribution is 2.34. The van der Waals surface area contributed by atoms with Crippen molar-refractivity contribution >= 4 is 17.2 Å². The molecule has 1 aromatic heterocycles. The van der Waals surface area contributed by atoms with Crippen molar-refractivity contribution < 1.29 is 14.6 Å². The number of aryl methyl sites for hydroxylation is 1. The second-order valence-electron chi connectivity index (χ2n) is 8.55. The third-order valence-electron chi connectivity index (χ3n) is 5.73. The highest BCUT2D eigenvalue weighted by atomic mass is 32.1. The zero-order chi connectivity index (χ0) is 22.4. The summed E-state index contributed by atoms with van der Waals surface area (Å²) in [6.45, 7) is 12.1. The summed E-state index contributed by atoms with van der Waals surface area (Å²) in [5, 5.41) is 12.5. The van der Waals surface area contributed by atoms with Gasteiger partial charge in [0.25, 0.3) is 0 Å². The fourth-order valence-electron chi connectivity index (χ4n) is 4.01. The Bertz CT molecular complexity index is 875.